The van der Waals surface area contributed by atoms with Crippen LogP contribution in [-0.2, 0) is 6.42 Å². The van der Waals surface area contributed by atoms with Crippen molar-refractivity contribution in [3.05, 3.63) is 34.3 Å². The van der Waals surface area contributed by atoms with E-state index in [9.17, 15) is 4.79 Å². The Morgan fingerprint density at radius 3 is 3.00 bits per heavy atom. The summed E-state index contributed by atoms with van der Waals surface area (Å²) in [6, 6.07) is 3.46. The Hall–Kier alpha value is -1.62. The second-order valence-electron chi connectivity index (χ2n) is 3.07. The van der Waals surface area contributed by atoms with E-state index in [1.165, 1.54) is 16.0 Å². The maximum atomic E-state index is 11.0. The van der Waals surface area contributed by atoms with Gasteiger partial charge in [0.2, 0.25) is 0 Å². The van der Waals surface area contributed by atoms with E-state index in [2.05, 4.69) is 5.10 Å². The third-order valence-corrected chi connectivity index (χ3v) is 2.76. The average molecular weight is 222 g/mol. The Bertz CT molecular complexity index is 474. The molecule has 0 atom stereocenters. The van der Waals surface area contributed by atoms with Crippen LogP contribution in [0.3, 0.4) is 0 Å². The van der Waals surface area contributed by atoms with Gasteiger partial charge >= 0.3 is 5.97 Å². The first-order chi connectivity index (χ1) is 7.22. The second kappa shape index (κ2) is 3.86. The number of aromatic carboxylic acids is 1. The molecule has 0 saturated carbocycles. The number of thiophene rings is 1. The van der Waals surface area contributed by atoms with Crippen molar-refractivity contribution in [3.63, 3.8) is 0 Å². The van der Waals surface area contributed by atoms with E-state index in [-0.39, 0.29) is 5.69 Å². The number of nitrogens with zero attached hydrogens (tertiary/aromatic N) is 2. The number of hydrogen-bond donors (Lipinski definition) is 1. The minimum absolute atomic E-state index is 0.213. The molecular formula is C10H10N2O2S. The highest BCUT2D eigenvalue weighted by Crippen LogP contribution is 2.16. The number of aromatic nitrogens is 2. The van der Waals surface area contributed by atoms with Crippen LogP contribution >= 0.6 is 11.3 Å². The van der Waals surface area contributed by atoms with Gasteiger partial charge in [-0.2, -0.15) is 16.4 Å². The van der Waals surface area contributed by atoms with Crippen LogP contribution in [0.4, 0.5) is 0 Å². The molecule has 2 aromatic rings. The predicted octanol–water partition coefficient (Wildman–Crippen LogP) is 2.19. The standard InChI is InChI=1S/C10H10N2O2S/c1-2-7-5-9(10(13)14)12(11-7)8-3-4-15-6-8/h3-6H,2H2,1H3,(H,13,14). The van der Waals surface area contributed by atoms with Crippen molar-refractivity contribution >= 4 is 17.3 Å². The van der Waals surface area contributed by atoms with Gasteiger partial charge in [-0.1, -0.05) is 6.92 Å². The number of carboxylic acid groups (broad SMARTS) is 1. The monoisotopic (exact) mass is 222 g/mol. The normalized spacial score (nSPS) is 10.5. The maximum Gasteiger partial charge on any atom is 0.354 e. The minimum Gasteiger partial charge on any atom is -0.477 e. The van der Waals surface area contributed by atoms with Crippen LogP contribution in [0, 0.1) is 0 Å². The Labute approximate surface area is 90.8 Å². The summed E-state index contributed by atoms with van der Waals surface area (Å²) in [4.78, 5) is 11.0. The molecule has 5 heteroatoms. The fourth-order valence-electron chi connectivity index (χ4n) is 1.33. The quantitative estimate of drug-likeness (QED) is 0.866. The fraction of sp³-hybridized carbons (Fsp3) is 0.200. The van der Waals surface area contributed by atoms with Gasteiger partial charge in [0.1, 0.15) is 0 Å². The Morgan fingerprint density at radius 2 is 2.47 bits per heavy atom. The highest BCUT2D eigenvalue weighted by Gasteiger charge is 2.14. The number of rotatable bonds is 3. The van der Waals surface area contributed by atoms with Gasteiger partial charge < -0.3 is 5.11 Å². The fourth-order valence-corrected chi connectivity index (χ4v) is 1.94. The third-order valence-electron chi connectivity index (χ3n) is 2.09. The van der Waals surface area contributed by atoms with Crippen molar-refractivity contribution in [3.8, 4) is 5.69 Å². The number of hydrogen-bond acceptors (Lipinski definition) is 3. The smallest absolute Gasteiger partial charge is 0.354 e. The lowest BCUT2D eigenvalue weighted by Gasteiger charge is -1.99. The van der Waals surface area contributed by atoms with Crippen LogP contribution in [-0.4, -0.2) is 20.9 Å². The molecule has 0 aromatic carbocycles. The van der Waals surface area contributed by atoms with E-state index in [4.69, 9.17) is 5.11 Å². The molecule has 15 heavy (non-hydrogen) atoms. The van der Waals surface area contributed by atoms with Crippen LogP contribution < -0.4 is 0 Å². The molecule has 2 rings (SSSR count). The van der Waals surface area contributed by atoms with Crippen molar-refractivity contribution in [2.75, 3.05) is 0 Å². The molecule has 0 unspecified atom stereocenters. The lowest BCUT2D eigenvalue weighted by atomic mass is 10.3. The molecule has 4 nitrogen and oxygen atoms in total. The van der Waals surface area contributed by atoms with E-state index in [0.717, 1.165) is 17.8 Å². The highest BCUT2D eigenvalue weighted by molar-refractivity contribution is 7.08. The topological polar surface area (TPSA) is 55.1 Å². The van der Waals surface area contributed by atoms with E-state index < -0.39 is 5.97 Å². The van der Waals surface area contributed by atoms with Crippen LogP contribution in [0.15, 0.2) is 22.9 Å². The summed E-state index contributed by atoms with van der Waals surface area (Å²) in [5, 5.41) is 17.0. The Morgan fingerprint density at radius 1 is 1.67 bits per heavy atom. The summed E-state index contributed by atoms with van der Waals surface area (Å²) in [5.41, 5.74) is 1.81. The molecule has 0 radical (unpaired) electrons. The largest absolute Gasteiger partial charge is 0.477 e. The zero-order valence-corrected chi connectivity index (χ0v) is 8.99. The summed E-state index contributed by atoms with van der Waals surface area (Å²) in [7, 11) is 0. The van der Waals surface area contributed by atoms with Gasteiger partial charge in [0.25, 0.3) is 0 Å². The van der Waals surface area contributed by atoms with Crippen molar-refractivity contribution in [1.82, 2.24) is 9.78 Å². The molecule has 2 heterocycles. The van der Waals surface area contributed by atoms with Crippen LogP contribution in [0.5, 0.6) is 0 Å². The van der Waals surface area contributed by atoms with E-state index in [1.54, 1.807) is 6.07 Å². The highest BCUT2D eigenvalue weighted by atomic mass is 32.1. The molecule has 78 valence electrons. The van der Waals surface area contributed by atoms with Crippen molar-refractivity contribution in [2.45, 2.75) is 13.3 Å². The van der Waals surface area contributed by atoms with Gasteiger partial charge in [0, 0.05) is 5.38 Å². The molecule has 1 N–H and O–H groups in total. The lowest BCUT2D eigenvalue weighted by molar-refractivity contribution is 0.0687. The first kappa shape index (κ1) is 9.92. The zero-order chi connectivity index (χ0) is 10.8. The summed E-state index contributed by atoms with van der Waals surface area (Å²) in [5.74, 6) is -0.951. The summed E-state index contributed by atoms with van der Waals surface area (Å²) >= 11 is 1.52. The molecule has 0 bridgehead atoms. The Balaban J connectivity index is 2.54. The number of aryl methyl sites for hydroxylation is 1. The van der Waals surface area contributed by atoms with Crippen LogP contribution in [0.25, 0.3) is 5.69 Å². The molecule has 0 saturated heterocycles. The lowest BCUT2D eigenvalue weighted by Crippen LogP contribution is -2.06. The van der Waals surface area contributed by atoms with Crippen LogP contribution in [0.1, 0.15) is 23.1 Å². The molecule has 0 fully saturated rings. The first-order valence-corrected chi connectivity index (χ1v) is 5.51. The van der Waals surface area contributed by atoms with Gasteiger partial charge in [-0.3, -0.25) is 0 Å². The molecule has 2 aromatic heterocycles. The zero-order valence-electron chi connectivity index (χ0n) is 8.17. The molecular weight excluding hydrogens is 212 g/mol. The summed E-state index contributed by atoms with van der Waals surface area (Å²) < 4.78 is 1.47. The van der Waals surface area contributed by atoms with Crippen molar-refractivity contribution in [2.24, 2.45) is 0 Å². The average Bonchev–Trinajstić information content (AvgIpc) is 2.86. The molecule has 0 aliphatic heterocycles. The molecule has 0 spiro atoms. The van der Waals surface area contributed by atoms with Gasteiger partial charge in [-0.05, 0) is 23.9 Å². The van der Waals surface area contributed by atoms with E-state index >= 15 is 0 Å². The number of carboxylic acids is 1. The number of carbonyl (C=O) groups is 1. The van der Waals surface area contributed by atoms with E-state index in [1.807, 2.05) is 23.8 Å². The third kappa shape index (κ3) is 1.78. The van der Waals surface area contributed by atoms with Crippen molar-refractivity contribution in [1.29, 1.82) is 0 Å². The molecule has 0 amide bonds. The second-order valence-corrected chi connectivity index (χ2v) is 3.85. The Kier molecular flexibility index (Phi) is 2.55. The maximum absolute atomic E-state index is 11.0. The predicted molar refractivity (Wildman–Crippen MR) is 57.8 cm³/mol. The van der Waals surface area contributed by atoms with Crippen LogP contribution in [0.2, 0.25) is 0 Å². The van der Waals surface area contributed by atoms with Gasteiger partial charge in [0.05, 0.1) is 11.4 Å². The van der Waals surface area contributed by atoms with Gasteiger partial charge in [0.15, 0.2) is 5.69 Å². The summed E-state index contributed by atoms with van der Waals surface area (Å²) in [6.07, 6.45) is 0.734. The molecule has 0 aliphatic rings. The first-order valence-electron chi connectivity index (χ1n) is 4.57. The van der Waals surface area contributed by atoms with Gasteiger partial charge in [-0.25, -0.2) is 9.48 Å². The molecule has 0 aliphatic carbocycles. The SMILES string of the molecule is CCc1cc(C(=O)O)n(-c2ccsc2)n1. The van der Waals surface area contributed by atoms with Crippen molar-refractivity contribution < 1.29 is 9.90 Å². The minimum atomic E-state index is -0.951. The summed E-state index contributed by atoms with van der Waals surface area (Å²) in [6.45, 7) is 1.95. The van der Waals surface area contributed by atoms with Gasteiger partial charge in [-0.15, -0.1) is 0 Å². The van der Waals surface area contributed by atoms with E-state index in [0.29, 0.717) is 0 Å².